The average molecular weight is 597 g/mol. The highest BCUT2D eigenvalue weighted by Crippen LogP contribution is 2.45. The minimum absolute atomic E-state index is 0.00407. The van der Waals surface area contributed by atoms with Crippen LogP contribution in [-0.4, -0.2) is 36.0 Å². The number of nitro benzene ring substituents is 2. The molecule has 0 saturated heterocycles. The van der Waals surface area contributed by atoms with Crippen LogP contribution < -0.4 is 0 Å². The number of cyclic esters (lactones) is 1. The maximum atomic E-state index is 13.0. The molecule has 5 aromatic rings. The van der Waals surface area contributed by atoms with Crippen LogP contribution in [0.4, 0.5) is 11.4 Å². The minimum atomic E-state index is -1.97. The summed E-state index contributed by atoms with van der Waals surface area (Å²) in [5.41, 5.74) is 3.99. The maximum Gasteiger partial charge on any atom is 0.342 e. The van der Waals surface area contributed by atoms with Gasteiger partial charge in [-0.25, -0.2) is 4.79 Å². The fraction of sp³-hybridized carbons (Fsp3) is 0.0667. The highest BCUT2D eigenvalue weighted by molar-refractivity contribution is 7.00. The predicted molar refractivity (Wildman–Crippen MR) is 156 cm³/mol. The number of non-ortho nitro benzene ring substituents is 2. The molecule has 4 aromatic carbocycles. The number of rotatable bonds is 7. The van der Waals surface area contributed by atoms with E-state index in [2.05, 4.69) is 8.75 Å². The lowest BCUT2D eigenvalue weighted by Crippen LogP contribution is -2.29. The summed E-state index contributed by atoms with van der Waals surface area (Å²) < 4.78 is 14.0. The molecule has 13 heteroatoms. The third kappa shape index (κ3) is 6.02. The van der Waals surface area contributed by atoms with Crippen molar-refractivity contribution in [2.24, 2.45) is 0 Å². The molecular weight excluding hydrogens is 576 g/mol. The quantitative estimate of drug-likeness (QED) is 0.111. The van der Waals surface area contributed by atoms with Gasteiger partial charge in [0.1, 0.15) is 17.3 Å². The lowest BCUT2D eigenvalue weighted by Gasteiger charge is -2.25. The third-order valence-corrected chi connectivity index (χ3v) is 7.19. The fourth-order valence-corrected chi connectivity index (χ4v) is 5.01. The summed E-state index contributed by atoms with van der Waals surface area (Å²) in [6.07, 6.45) is 0.793. The highest BCUT2D eigenvalue weighted by Gasteiger charge is 2.48. The van der Waals surface area contributed by atoms with Crippen molar-refractivity contribution in [3.05, 3.63) is 145 Å². The van der Waals surface area contributed by atoms with E-state index in [1.54, 1.807) is 60.7 Å². The molecule has 0 amide bonds. The molecule has 1 aromatic heterocycles. The molecule has 0 saturated carbocycles. The SMILES string of the molecule is O=C1OC(O)(c2ccccc2)C(Cc2ccc([N+](=O)[O-])cc2)=C1c1ccc2nsnc2c1.O=Cc1ccc([N+](=O)[O-])cc1. The third-order valence-electron chi connectivity index (χ3n) is 6.63. The van der Waals surface area contributed by atoms with E-state index < -0.39 is 21.6 Å². The van der Waals surface area contributed by atoms with Crippen molar-refractivity contribution in [1.82, 2.24) is 8.75 Å². The van der Waals surface area contributed by atoms with Gasteiger partial charge in [-0.3, -0.25) is 25.0 Å². The molecule has 1 N–H and O–H groups in total. The number of nitro groups is 2. The Morgan fingerprint density at radius 1 is 0.837 bits per heavy atom. The van der Waals surface area contributed by atoms with Gasteiger partial charge >= 0.3 is 5.97 Å². The average Bonchev–Trinajstić information content (AvgIpc) is 3.59. The van der Waals surface area contributed by atoms with Crippen molar-refractivity contribution in [2.45, 2.75) is 12.2 Å². The Balaban J connectivity index is 0.000000283. The molecule has 1 atom stereocenters. The maximum absolute atomic E-state index is 13.0. The summed E-state index contributed by atoms with van der Waals surface area (Å²) in [4.78, 5) is 43.3. The number of hydrogen-bond donors (Lipinski definition) is 1. The predicted octanol–water partition coefficient (Wildman–Crippen LogP) is 5.41. The molecule has 0 fully saturated rings. The molecule has 214 valence electrons. The van der Waals surface area contributed by atoms with Crippen LogP contribution in [0, 0.1) is 20.2 Å². The number of esters is 1. The smallest absolute Gasteiger partial charge is 0.342 e. The Morgan fingerprint density at radius 2 is 1.44 bits per heavy atom. The van der Waals surface area contributed by atoms with E-state index in [9.17, 15) is 34.9 Å². The van der Waals surface area contributed by atoms with Crippen LogP contribution in [0.5, 0.6) is 0 Å². The van der Waals surface area contributed by atoms with Gasteiger partial charge in [0.15, 0.2) is 0 Å². The van der Waals surface area contributed by atoms with Gasteiger partial charge in [0.05, 0.1) is 27.1 Å². The topological polar surface area (TPSA) is 176 Å². The summed E-state index contributed by atoms with van der Waals surface area (Å²) in [5.74, 6) is -2.62. The number of ether oxygens (including phenoxy) is 1. The number of fused-ring (bicyclic) bond motifs is 1. The number of benzene rings is 4. The number of aliphatic hydroxyl groups is 1. The molecule has 0 radical (unpaired) electrons. The van der Waals surface area contributed by atoms with Crippen molar-refractivity contribution < 1.29 is 29.3 Å². The number of hydrogen-bond acceptors (Lipinski definition) is 11. The molecule has 1 aliphatic heterocycles. The number of carbonyl (C=O) groups is 2. The van der Waals surface area contributed by atoms with Gasteiger partial charge in [-0.1, -0.05) is 48.5 Å². The van der Waals surface area contributed by atoms with Crippen molar-refractivity contribution in [1.29, 1.82) is 0 Å². The normalized spacial score (nSPS) is 15.9. The molecule has 6 rings (SSSR count). The number of aromatic nitrogens is 2. The number of carbonyl (C=O) groups excluding carboxylic acids is 2. The standard InChI is InChI=1S/C23H15N3O5S.C7H5NO3/c27-22-21(15-8-11-19-20(13-15)25-32-24-19)18(12-14-6-9-17(10-7-14)26(29)30)23(28,31-22)16-4-2-1-3-5-16;9-5-6-1-3-7(4-2-6)8(10)11/h1-11,13,28H,12H2;1-5H. The van der Waals surface area contributed by atoms with Gasteiger partial charge in [-0.2, -0.15) is 8.75 Å². The Labute approximate surface area is 247 Å². The monoisotopic (exact) mass is 596 g/mol. The summed E-state index contributed by atoms with van der Waals surface area (Å²) in [6, 6.07) is 25.3. The molecule has 0 aliphatic carbocycles. The van der Waals surface area contributed by atoms with Gasteiger partial charge < -0.3 is 9.84 Å². The molecule has 0 bridgehead atoms. The van der Waals surface area contributed by atoms with E-state index in [-0.39, 0.29) is 23.4 Å². The first-order chi connectivity index (χ1) is 20.7. The largest absolute Gasteiger partial charge is 0.421 e. The first-order valence-corrected chi connectivity index (χ1v) is 13.3. The molecule has 1 unspecified atom stereocenters. The zero-order chi connectivity index (χ0) is 30.6. The molecule has 12 nitrogen and oxygen atoms in total. The van der Waals surface area contributed by atoms with Crippen LogP contribution in [0.1, 0.15) is 27.0 Å². The van der Waals surface area contributed by atoms with E-state index in [1.165, 1.54) is 36.4 Å². The first-order valence-electron chi connectivity index (χ1n) is 12.6. The lowest BCUT2D eigenvalue weighted by molar-refractivity contribution is -0.385. The van der Waals surface area contributed by atoms with E-state index in [0.29, 0.717) is 45.1 Å². The van der Waals surface area contributed by atoms with Crippen molar-refractivity contribution in [3.63, 3.8) is 0 Å². The first kappa shape index (κ1) is 28.9. The summed E-state index contributed by atoms with van der Waals surface area (Å²) in [7, 11) is 0. The fourth-order valence-electron chi connectivity index (χ4n) is 4.49. The highest BCUT2D eigenvalue weighted by atomic mass is 32.1. The van der Waals surface area contributed by atoms with Crippen molar-refractivity contribution in [2.75, 3.05) is 0 Å². The van der Waals surface area contributed by atoms with Gasteiger partial charge in [0, 0.05) is 47.4 Å². The van der Waals surface area contributed by atoms with E-state index in [4.69, 9.17) is 4.74 Å². The zero-order valence-corrected chi connectivity index (χ0v) is 22.8. The van der Waals surface area contributed by atoms with Gasteiger partial charge in [0.2, 0.25) is 0 Å². The second kappa shape index (κ2) is 12.1. The van der Waals surface area contributed by atoms with Crippen LogP contribution >= 0.6 is 11.7 Å². The Morgan fingerprint density at radius 3 is 2.05 bits per heavy atom. The Hall–Kier alpha value is -5.66. The summed E-state index contributed by atoms with van der Waals surface area (Å²) in [5, 5.41) is 32.7. The Kier molecular flexibility index (Phi) is 8.09. The van der Waals surface area contributed by atoms with Gasteiger partial charge in [-0.05, 0) is 35.4 Å². The molecule has 0 spiro atoms. The number of aldehydes is 1. The second-order valence-electron chi connectivity index (χ2n) is 9.29. The molecule has 43 heavy (non-hydrogen) atoms. The molecule has 1 aliphatic rings. The van der Waals surface area contributed by atoms with Crippen LogP contribution in [-0.2, 0) is 21.7 Å². The Bertz CT molecular complexity index is 1870. The van der Waals surface area contributed by atoms with Gasteiger partial charge in [0.25, 0.3) is 17.2 Å². The minimum Gasteiger partial charge on any atom is -0.421 e. The molecular formula is C30H20N4O8S. The van der Waals surface area contributed by atoms with Crippen molar-refractivity contribution >= 4 is 52.0 Å². The lowest BCUT2D eigenvalue weighted by atomic mass is 9.88. The second-order valence-corrected chi connectivity index (χ2v) is 9.82. The van der Waals surface area contributed by atoms with Gasteiger partial charge in [-0.15, -0.1) is 0 Å². The van der Waals surface area contributed by atoms with Crippen LogP contribution in [0.25, 0.3) is 16.6 Å². The van der Waals surface area contributed by atoms with E-state index in [0.717, 1.165) is 11.7 Å². The van der Waals surface area contributed by atoms with Crippen LogP contribution in [0.2, 0.25) is 0 Å². The molecule has 2 heterocycles. The van der Waals surface area contributed by atoms with Crippen LogP contribution in [0.15, 0.2) is 103 Å². The zero-order valence-electron chi connectivity index (χ0n) is 22.0. The van der Waals surface area contributed by atoms with Crippen molar-refractivity contribution in [3.8, 4) is 0 Å². The summed E-state index contributed by atoms with van der Waals surface area (Å²) in [6.45, 7) is 0. The van der Waals surface area contributed by atoms with E-state index >= 15 is 0 Å². The number of nitrogens with zero attached hydrogens (tertiary/aromatic N) is 4. The summed E-state index contributed by atoms with van der Waals surface area (Å²) >= 11 is 1.07. The van der Waals surface area contributed by atoms with E-state index in [1.807, 2.05) is 0 Å². The van der Waals surface area contributed by atoms with Crippen LogP contribution in [0.3, 0.4) is 0 Å².